The van der Waals surface area contributed by atoms with Gasteiger partial charge in [-0.1, -0.05) is 17.7 Å². The van der Waals surface area contributed by atoms with Crippen molar-refractivity contribution < 1.29 is 18.8 Å². The number of nitrogens with zero attached hydrogens (tertiary/aromatic N) is 2. The van der Waals surface area contributed by atoms with Crippen LogP contribution >= 0.6 is 0 Å². The van der Waals surface area contributed by atoms with E-state index in [4.69, 9.17) is 0 Å². The van der Waals surface area contributed by atoms with Crippen LogP contribution in [0.5, 0.6) is 0 Å². The Morgan fingerprint density at radius 3 is 2.60 bits per heavy atom. The minimum atomic E-state index is -1.34. The van der Waals surface area contributed by atoms with E-state index in [1.54, 1.807) is 12.1 Å². The Labute approximate surface area is 172 Å². The molecular formula is C23H20FN3O3. The molecule has 4 atom stereocenters. The van der Waals surface area contributed by atoms with Crippen molar-refractivity contribution in [2.75, 3.05) is 16.8 Å². The highest BCUT2D eigenvalue weighted by atomic mass is 19.1. The van der Waals surface area contributed by atoms with Crippen LogP contribution in [0.2, 0.25) is 0 Å². The number of benzene rings is 2. The molecule has 0 bridgehead atoms. The summed E-state index contributed by atoms with van der Waals surface area (Å²) in [7, 11) is 0. The molecule has 3 fully saturated rings. The lowest BCUT2D eigenvalue weighted by atomic mass is 9.75. The number of fused-ring (bicyclic) bond motifs is 7. The van der Waals surface area contributed by atoms with Gasteiger partial charge in [0.1, 0.15) is 11.4 Å². The third-order valence-electron chi connectivity index (χ3n) is 7.25. The fourth-order valence-corrected chi connectivity index (χ4v) is 6.12. The summed E-state index contributed by atoms with van der Waals surface area (Å²) < 4.78 is 14.2. The van der Waals surface area contributed by atoms with Gasteiger partial charge in [0.05, 0.1) is 17.5 Å². The van der Waals surface area contributed by atoms with Crippen molar-refractivity contribution >= 4 is 29.1 Å². The van der Waals surface area contributed by atoms with E-state index in [0.29, 0.717) is 23.5 Å². The highest BCUT2D eigenvalue weighted by Crippen LogP contribution is 2.60. The van der Waals surface area contributed by atoms with Crippen molar-refractivity contribution in [1.29, 1.82) is 0 Å². The molecule has 0 saturated carbocycles. The molecule has 0 aromatic heterocycles. The second kappa shape index (κ2) is 5.76. The maximum absolute atomic E-state index is 14.2. The molecule has 4 heterocycles. The fraction of sp³-hybridized carbons (Fsp3) is 0.348. The van der Waals surface area contributed by atoms with E-state index >= 15 is 0 Å². The summed E-state index contributed by atoms with van der Waals surface area (Å²) in [6.07, 6.45) is 1.57. The van der Waals surface area contributed by atoms with Crippen LogP contribution in [0.4, 0.5) is 15.8 Å². The van der Waals surface area contributed by atoms with Gasteiger partial charge in [-0.3, -0.25) is 19.3 Å². The van der Waals surface area contributed by atoms with Gasteiger partial charge in [0.25, 0.3) is 0 Å². The average molecular weight is 405 g/mol. The van der Waals surface area contributed by atoms with E-state index in [1.165, 1.54) is 23.1 Å². The number of amides is 3. The average Bonchev–Trinajstić information content (AvgIpc) is 3.42. The number of rotatable bonds is 1. The monoisotopic (exact) mass is 405 g/mol. The molecule has 2 aromatic rings. The highest BCUT2D eigenvalue weighted by molar-refractivity contribution is 6.25. The number of carbonyl (C=O) groups is 3. The van der Waals surface area contributed by atoms with Crippen molar-refractivity contribution in [3.8, 4) is 0 Å². The molecule has 3 amide bonds. The lowest BCUT2D eigenvalue weighted by Gasteiger charge is -2.36. The van der Waals surface area contributed by atoms with Gasteiger partial charge in [0.15, 0.2) is 0 Å². The normalized spacial score (nSPS) is 32.0. The zero-order chi connectivity index (χ0) is 20.8. The van der Waals surface area contributed by atoms with E-state index < -0.39 is 23.2 Å². The molecule has 2 aromatic carbocycles. The Balaban J connectivity index is 1.56. The van der Waals surface area contributed by atoms with Crippen LogP contribution in [-0.2, 0) is 19.9 Å². The second-order valence-electron chi connectivity index (χ2n) is 8.66. The first-order valence-electron chi connectivity index (χ1n) is 10.3. The molecule has 0 unspecified atom stereocenters. The molecule has 152 valence electrons. The molecule has 1 spiro atoms. The van der Waals surface area contributed by atoms with Crippen molar-refractivity contribution in [1.82, 2.24) is 4.90 Å². The lowest BCUT2D eigenvalue weighted by Crippen LogP contribution is -2.54. The zero-order valence-corrected chi connectivity index (χ0v) is 16.4. The number of nitrogens with one attached hydrogen (secondary N) is 1. The first-order valence-corrected chi connectivity index (χ1v) is 10.3. The molecule has 0 aliphatic carbocycles. The number of hydrogen-bond donors (Lipinski definition) is 1. The second-order valence-corrected chi connectivity index (χ2v) is 8.66. The van der Waals surface area contributed by atoms with Gasteiger partial charge in [0.2, 0.25) is 17.7 Å². The molecule has 3 saturated heterocycles. The fourth-order valence-electron chi connectivity index (χ4n) is 6.12. The summed E-state index contributed by atoms with van der Waals surface area (Å²) in [5, 5.41) is 2.85. The molecule has 4 aliphatic rings. The van der Waals surface area contributed by atoms with E-state index in [2.05, 4.69) is 5.32 Å². The Morgan fingerprint density at radius 1 is 1.07 bits per heavy atom. The van der Waals surface area contributed by atoms with E-state index in [9.17, 15) is 18.8 Å². The smallest absolute Gasteiger partial charge is 0.250 e. The lowest BCUT2D eigenvalue weighted by molar-refractivity contribution is -0.135. The van der Waals surface area contributed by atoms with Crippen LogP contribution in [0.25, 0.3) is 0 Å². The van der Waals surface area contributed by atoms with E-state index in [1.807, 2.05) is 24.0 Å². The maximum Gasteiger partial charge on any atom is 0.250 e. The first-order chi connectivity index (χ1) is 14.4. The largest absolute Gasteiger partial charge is 0.324 e. The quantitative estimate of drug-likeness (QED) is 0.741. The van der Waals surface area contributed by atoms with Gasteiger partial charge in [0, 0.05) is 17.3 Å². The first kappa shape index (κ1) is 17.8. The van der Waals surface area contributed by atoms with Crippen LogP contribution in [0.1, 0.15) is 24.0 Å². The minimum absolute atomic E-state index is 0.207. The van der Waals surface area contributed by atoms with Gasteiger partial charge in [-0.2, -0.15) is 0 Å². The van der Waals surface area contributed by atoms with Crippen LogP contribution in [-0.4, -0.2) is 35.2 Å². The zero-order valence-electron chi connectivity index (χ0n) is 16.4. The Hall–Kier alpha value is -3.06. The predicted molar refractivity (Wildman–Crippen MR) is 107 cm³/mol. The Bertz CT molecular complexity index is 1130. The molecule has 6 nitrogen and oxygen atoms in total. The maximum atomic E-state index is 14.2. The topological polar surface area (TPSA) is 69.7 Å². The molecule has 4 aliphatic heterocycles. The number of aryl methyl sites for hydroxylation is 1. The third kappa shape index (κ3) is 1.94. The van der Waals surface area contributed by atoms with Crippen LogP contribution in [0.15, 0.2) is 42.5 Å². The number of carbonyl (C=O) groups excluding carboxylic acids is 3. The van der Waals surface area contributed by atoms with Crippen molar-refractivity contribution in [3.63, 3.8) is 0 Å². The minimum Gasteiger partial charge on any atom is -0.324 e. The molecule has 30 heavy (non-hydrogen) atoms. The molecule has 0 radical (unpaired) electrons. The predicted octanol–water partition coefficient (Wildman–Crippen LogP) is 2.57. The van der Waals surface area contributed by atoms with Crippen LogP contribution in [0, 0.1) is 24.6 Å². The van der Waals surface area contributed by atoms with Gasteiger partial charge < -0.3 is 5.32 Å². The Kier molecular flexibility index (Phi) is 3.41. The molecule has 6 rings (SSSR count). The standard InChI is InChI=1S/C23H20FN3O3/c1-12-4-7-14(8-5-12)27-20(28)18-17-3-2-10-26(17)23(19(18)21(27)29)15-11-13(24)6-9-16(15)25-22(23)30/h4-9,11,17-19H,2-3,10H2,1H3,(H,25,30)/t17-,18-,19-,23+/m0/s1. The molecule has 7 heteroatoms. The number of imide groups is 1. The third-order valence-corrected chi connectivity index (χ3v) is 7.25. The van der Waals surface area contributed by atoms with Gasteiger partial charge in [-0.15, -0.1) is 0 Å². The van der Waals surface area contributed by atoms with Crippen molar-refractivity contribution in [2.45, 2.75) is 31.3 Å². The van der Waals surface area contributed by atoms with Crippen molar-refractivity contribution in [3.05, 3.63) is 59.4 Å². The summed E-state index contributed by atoms with van der Waals surface area (Å²) in [5.74, 6) is -2.91. The number of hydrogen-bond acceptors (Lipinski definition) is 4. The summed E-state index contributed by atoms with van der Waals surface area (Å²) in [6.45, 7) is 2.54. The van der Waals surface area contributed by atoms with E-state index in [-0.39, 0.29) is 23.8 Å². The Morgan fingerprint density at radius 2 is 1.83 bits per heavy atom. The summed E-state index contributed by atoms with van der Waals surface area (Å²) in [6, 6.07) is 11.2. The van der Waals surface area contributed by atoms with Gasteiger partial charge in [-0.25, -0.2) is 9.29 Å². The molecular weight excluding hydrogens is 385 g/mol. The summed E-state index contributed by atoms with van der Waals surface area (Å²) in [4.78, 5) is 43.9. The van der Waals surface area contributed by atoms with Crippen LogP contribution < -0.4 is 10.2 Å². The summed E-state index contributed by atoms with van der Waals surface area (Å²) in [5.41, 5.74) is 1.19. The highest BCUT2D eigenvalue weighted by Gasteiger charge is 2.74. The SMILES string of the molecule is Cc1ccc(N2C(=O)[C@@H]3[C@@H](C2=O)[C@]2(C(=O)Nc4ccc(F)cc42)N2CCC[C@@H]32)cc1. The van der Waals surface area contributed by atoms with Crippen LogP contribution in [0.3, 0.4) is 0 Å². The summed E-state index contributed by atoms with van der Waals surface area (Å²) >= 11 is 0. The number of halogens is 1. The van der Waals surface area contributed by atoms with E-state index in [0.717, 1.165) is 18.4 Å². The van der Waals surface area contributed by atoms with Crippen molar-refractivity contribution in [2.24, 2.45) is 11.8 Å². The number of anilines is 2. The van der Waals surface area contributed by atoms with Gasteiger partial charge in [-0.05, 0) is 56.6 Å². The van der Waals surface area contributed by atoms with Gasteiger partial charge >= 0.3 is 0 Å². The molecule has 1 N–H and O–H groups in total.